The van der Waals surface area contributed by atoms with Gasteiger partial charge in [0.25, 0.3) is 0 Å². The maximum Gasteiger partial charge on any atom is 0.217 e. The topological polar surface area (TPSA) is 89.6 Å². The van der Waals surface area contributed by atoms with Crippen LogP contribution in [0.3, 0.4) is 0 Å². The zero-order valence-corrected chi connectivity index (χ0v) is 18.9. The van der Waals surface area contributed by atoms with Crippen molar-refractivity contribution in [3.05, 3.63) is 23.4 Å². The van der Waals surface area contributed by atoms with E-state index in [0.717, 1.165) is 57.4 Å². The minimum atomic E-state index is -3.16. The second-order valence-corrected chi connectivity index (χ2v) is 10.9. The second-order valence-electron chi connectivity index (χ2n) is 8.90. The molecule has 8 heteroatoms. The quantitative estimate of drug-likeness (QED) is 0.617. The highest BCUT2D eigenvalue weighted by Gasteiger charge is 2.40. The van der Waals surface area contributed by atoms with Crippen molar-refractivity contribution in [3.63, 3.8) is 0 Å². The van der Waals surface area contributed by atoms with Crippen LogP contribution in [0.2, 0.25) is 0 Å². The van der Waals surface area contributed by atoms with E-state index >= 15 is 0 Å². The molecule has 2 saturated carbocycles. The number of hydrogen-bond donors (Lipinski definition) is 2. The molecule has 2 N–H and O–H groups in total. The minimum absolute atomic E-state index is 0.0567. The number of nitrogens with one attached hydrogen (secondary N) is 2. The van der Waals surface area contributed by atoms with E-state index in [2.05, 4.69) is 28.0 Å². The van der Waals surface area contributed by atoms with Crippen molar-refractivity contribution in [2.45, 2.75) is 88.1 Å². The fourth-order valence-electron chi connectivity index (χ4n) is 4.82. The van der Waals surface area contributed by atoms with Gasteiger partial charge in [-0.2, -0.15) is 0 Å². The average molecular weight is 438 g/mol. The van der Waals surface area contributed by atoms with E-state index in [4.69, 9.17) is 9.47 Å². The predicted octanol–water partition coefficient (Wildman–Crippen LogP) is 2.64. The number of pyridine rings is 1. The van der Waals surface area contributed by atoms with Crippen LogP contribution in [0, 0.1) is 6.92 Å². The van der Waals surface area contributed by atoms with Crippen molar-refractivity contribution < 1.29 is 17.9 Å². The van der Waals surface area contributed by atoms with Gasteiger partial charge in [-0.3, -0.25) is 0 Å². The van der Waals surface area contributed by atoms with Gasteiger partial charge < -0.3 is 14.8 Å². The Bertz CT molecular complexity index is 820. The summed E-state index contributed by atoms with van der Waals surface area (Å²) in [5.74, 6) is 1.24. The summed E-state index contributed by atoms with van der Waals surface area (Å²) < 4.78 is 39.5. The lowest BCUT2D eigenvalue weighted by molar-refractivity contribution is 0.0124. The van der Waals surface area contributed by atoms with Crippen LogP contribution in [0.15, 0.2) is 12.3 Å². The molecule has 3 aliphatic rings. The van der Waals surface area contributed by atoms with Gasteiger partial charge in [0.1, 0.15) is 0 Å². The molecule has 0 radical (unpaired) electrons. The second kappa shape index (κ2) is 9.51. The molecule has 1 aliphatic heterocycles. The molecule has 1 aromatic rings. The first-order chi connectivity index (χ1) is 14.5. The number of aromatic nitrogens is 1. The van der Waals surface area contributed by atoms with Crippen molar-refractivity contribution in [3.8, 4) is 5.88 Å². The monoisotopic (exact) mass is 437 g/mol. The molecule has 0 spiro atoms. The molecule has 0 unspecified atom stereocenters. The highest BCUT2D eigenvalue weighted by atomic mass is 32.2. The van der Waals surface area contributed by atoms with Gasteiger partial charge in [-0.15, -0.1) is 0 Å². The van der Waals surface area contributed by atoms with Crippen molar-refractivity contribution in [1.82, 2.24) is 15.0 Å². The number of rotatable bonds is 9. The number of ether oxygens (including phenoxy) is 2. The lowest BCUT2D eigenvalue weighted by atomic mass is 9.81. The molecular weight excluding hydrogens is 402 g/mol. The SMILES string of the molecule is CCOc1nccc(C)c1C1CCC(OC[C@@H]2NCC[C@@H]2NS(=O)(=O)C2CC2)CC1. The van der Waals surface area contributed by atoms with Gasteiger partial charge in [-0.25, -0.2) is 18.1 Å². The maximum atomic E-state index is 12.3. The van der Waals surface area contributed by atoms with Gasteiger partial charge in [-0.05, 0) is 82.9 Å². The number of sulfonamides is 1. The van der Waals surface area contributed by atoms with E-state index in [0.29, 0.717) is 19.1 Å². The fourth-order valence-corrected chi connectivity index (χ4v) is 6.47. The summed E-state index contributed by atoms with van der Waals surface area (Å²) in [6.07, 6.45) is 8.61. The van der Waals surface area contributed by atoms with Crippen LogP contribution in [-0.4, -0.2) is 56.6 Å². The van der Waals surface area contributed by atoms with E-state index in [1.807, 2.05) is 13.1 Å². The molecule has 0 aromatic carbocycles. The molecule has 1 aromatic heterocycles. The lowest BCUT2D eigenvalue weighted by Gasteiger charge is -2.31. The Morgan fingerprint density at radius 3 is 2.63 bits per heavy atom. The van der Waals surface area contributed by atoms with Gasteiger partial charge in [-0.1, -0.05) is 0 Å². The van der Waals surface area contributed by atoms with E-state index in [9.17, 15) is 8.42 Å². The average Bonchev–Trinajstić information content (AvgIpc) is 3.50. The summed E-state index contributed by atoms with van der Waals surface area (Å²) in [4.78, 5) is 4.45. The van der Waals surface area contributed by atoms with Gasteiger partial charge in [0.2, 0.25) is 15.9 Å². The third kappa shape index (κ3) is 5.15. The molecule has 0 amide bonds. The summed E-state index contributed by atoms with van der Waals surface area (Å²) in [6, 6.07) is 2.06. The van der Waals surface area contributed by atoms with Crippen LogP contribution >= 0.6 is 0 Å². The first kappa shape index (κ1) is 22.0. The predicted molar refractivity (Wildman–Crippen MR) is 116 cm³/mol. The third-order valence-corrected chi connectivity index (χ3v) is 8.65. The Balaban J connectivity index is 1.27. The minimum Gasteiger partial charge on any atom is -0.478 e. The van der Waals surface area contributed by atoms with Crippen LogP contribution in [0.1, 0.15) is 68.9 Å². The Hall–Kier alpha value is -1.22. The largest absolute Gasteiger partial charge is 0.478 e. The van der Waals surface area contributed by atoms with Crippen molar-refractivity contribution in [1.29, 1.82) is 0 Å². The van der Waals surface area contributed by atoms with Gasteiger partial charge in [0, 0.05) is 23.8 Å². The van der Waals surface area contributed by atoms with Crippen LogP contribution in [0.4, 0.5) is 0 Å². The van der Waals surface area contributed by atoms with Crippen LogP contribution < -0.4 is 14.8 Å². The normalized spacial score (nSPS) is 29.8. The number of aryl methyl sites for hydroxylation is 1. The van der Waals surface area contributed by atoms with Crippen molar-refractivity contribution in [2.75, 3.05) is 19.8 Å². The first-order valence-electron chi connectivity index (χ1n) is 11.4. The molecular formula is C22H35N3O4S. The van der Waals surface area contributed by atoms with Crippen LogP contribution in [0.25, 0.3) is 0 Å². The molecule has 1 saturated heterocycles. The summed E-state index contributed by atoms with van der Waals surface area (Å²) in [7, 11) is -3.16. The Morgan fingerprint density at radius 2 is 1.93 bits per heavy atom. The third-order valence-electron chi connectivity index (χ3n) is 6.67. The molecule has 4 rings (SSSR count). The Labute approximate surface area is 180 Å². The Morgan fingerprint density at radius 1 is 1.17 bits per heavy atom. The number of hydrogen-bond acceptors (Lipinski definition) is 6. The first-order valence-corrected chi connectivity index (χ1v) is 13.0. The highest BCUT2D eigenvalue weighted by Crippen LogP contribution is 2.39. The fraction of sp³-hybridized carbons (Fsp3) is 0.773. The van der Waals surface area contributed by atoms with Crippen molar-refractivity contribution >= 4 is 10.0 Å². The molecule has 7 nitrogen and oxygen atoms in total. The van der Waals surface area contributed by atoms with Gasteiger partial charge >= 0.3 is 0 Å². The summed E-state index contributed by atoms with van der Waals surface area (Å²) >= 11 is 0. The van der Waals surface area contributed by atoms with E-state index in [1.54, 1.807) is 0 Å². The standard InChI is InChI=1S/C22H35N3O4S/c1-3-28-22-21(15(2)10-12-24-22)16-4-6-17(7-5-16)29-14-20-19(11-13-23-20)25-30(26,27)18-8-9-18/h10,12,16-20,23,25H,3-9,11,13-14H2,1-2H3/t16?,17?,19-,20-/m0/s1. The lowest BCUT2D eigenvalue weighted by Crippen LogP contribution is -2.47. The van der Waals surface area contributed by atoms with Gasteiger partial charge in [0.15, 0.2) is 0 Å². The molecule has 168 valence electrons. The molecule has 30 heavy (non-hydrogen) atoms. The molecule has 2 aliphatic carbocycles. The molecule has 2 atom stereocenters. The van der Waals surface area contributed by atoms with E-state index in [-0.39, 0.29) is 23.4 Å². The molecule has 0 bridgehead atoms. The van der Waals surface area contributed by atoms with Gasteiger partial charge in [0.05, 0.1) is 24.6 Å². The summed E-state index contributed by atoms with van der Waals surface area (Å²) in [6.45, 7) is 6.15. The van der Waals surface area contributed by atoms with Crippen LogP contribution in [-0.2, 0) is 14.8 Å². The summed E-state index contributed by atoms with van der Waals surface area (Å²) in [5.41, 5.74) is 2.50. The number of nitrogens with zero attached hydrogens (tertiary/aromatic N) is 1. The van der Waals surface area contributed by atoms with Crippen molar-refractivity contribution in [2.24, 2.45) is 0 Å². The van der Waals surface area contributed by atoms with E-state index in [1.165, 1.54) is 11.1 Å². The molecule has 3 fully saturated rings. The summed E-state index contributed by atoms with van der Waals surface area (Å²) in [5, 5.41) is 3.24. The zero-order chi connectivity index (χ0) is 21.1. The maximum absolute atomic E-state index is 12.3. The van der Waals surface area contributed by atoms with Crippen LogP contribution in [0.5, 0.6) is 5.88 Å². The highest BCUT2D eigenvalue weighted by molar-refractivity contribution is 7.90. The zero-order valence-electron chi connectivity index (χ0n) is 18.1. The molecule has 2 heterocycles. The smallest absolute Gasteiger partial charge is 0.217 e. The Kier molecular flexibility index (Phi) is 6.97. The van der Waals surface area contributed by atoms with E-state index < -0.39 is 10.0 Å².